The molecule has 9 aromatic carbocycles. The molecule has 1 unspecified atom stereocenters. The third-order valence-corrected chi connectivity index (χ3v) is 14.9. The molecule has 4 heterocycles. The van der Waals surface area contributed by atoms with Crippen molar-refractivity contribution in [1.82, 2.24) is 14.1 Å². The number of pyridine rings is 1. The van der Waals surface area contributed by atoms with Gasteiger partial charge in [0.15, 0.2) is 0 Å². The van der Waals surface area contributed by atoms with Crippen LogP contribution in [0.3, 0.4) is 0 Å². The molecule has 71 heavy (non-hydrogen) atoms. The fraction of sp³-hybridized carbons (Fsp3) is 0.0625. The van der Waals surface area contributed by atoms with Gasteiger partial charge in [-0.25, -0.2) is 0 Å². The van der Waals surface area contributed by atoms with Gasteiger partial charge in [-0.3, -0.25) is 0 Å². The molecular formula is C64H46N5OPt-. The number of fused-ring (bicyclic) bond motifs is 7. The molecule has 0 amide bonds. The zero-order valence-electron chi connectivity index (χ0n) is 39.3. The van der Waals surface area contributed by atoms with E-state index in [1.807, 2.05) is 18.3 Å². The van der Waals surface area contributed by atoms with E-state index in [1.165, 1.54) is 33.1 Å². The van der Waals surface area contributed by atoms with Crippen LogP contribution in [0.25, 0.3) is 77.4 Å². The van der Waals surface area contributed by atoms with Crippen LogP contribution in [-0.2, 0) is 24.8 Å². The van der Waals surface area contributed by atoms with Crippen LogP contribution >= 0.6 is 0 Å². The van der Waals surface area contributed by atoms with Crippen molar-refractivity contribution < 1.29 is 29.0 Å². The van der Waals surface area contributed by atoms with E-state index in [0.717, 1.165) is 81.7 Å². The third kappa shape index (κ3) is 7.25. The minimum atomic E-state index is -0.0354. The average molecular weight is 1100 g/mol. The summed E-state index contributed by atoms with van der Waals surface area (Å²) in [5.41, 5.74) is 15.4. The molecule has 7 heteroatoms. The van der Waals surface area contributed by atoms with E-state index in [0.29, 0.717) is 11.5 Å². The Hall–Kier alpha value is -8.15. The molecule has 0 radical (unpaired) electrons. The van der Waals surface area contributed by atoms with Crippen LogP contribution in [0.4, 0.5) is 22.7 Å². The van der Waals surface area contributed by atoms with Crippen LogP contribution in [0.1, 0.15) is 26.3 Å². The van der Waals surface area contributed by atoms with Gasteiger partial charge < -0.3 is 0 Å². The van der Waals surface area contributed by atoms with Gasteiger partial charge in [0.05, 0.1) is 0 Å². The van der Waals surface area contributed by atoms with Gasteiger partial charge in [0.25, 0.3) is 0 Å². The Morgan fingerprint density at radius 2 is 1.08 bits per heavy atom. The van der Waals surface area contributed by atoms with Crippen molar-refractivity contribution in [3.63, 3.8) is 0 Å². The number of rotatable bonds is 8. The van der Waals surface area contributed by atoms with E-state index in [9.17, 15) is 0 Å². The van der Waals surface area contributed by atoms with E-state index in [1.54, 1.807) is 0 Å². The molecule has 0 bridgehead atoms. The van der Waals surface area contributed by atoms with Gasteiger partial charge in [-0.05, 0) is 17.0 Å². The number of quaternary nitrogens is 1. The summed E-state index contributed by atoms with van der Waals surface area (Å²) < 4.78 is 12.5. The zero-order chi connectivity index (χ0) is 47.8. The van der Waals surface area contributed by atoms with E-state index in [4.69, 9.17) is 9.72 Å². The number of hydrogen-bond acceptors (Lipinski definition) is 3. The number of benzene rings is 9. The first-order valence-electron chi connectivity index (χ1n) is 24.0. The molecule has 0 fully saturated rings. The fourth-order valence-electron chi connectivity index (χ4n) is 10.5. The summed E-state index contributed by atoms with van der Waals surface area (Å²) in [5.74, 6) is 2.04. The number of nitrogens with one attached hydrogen (secondary N) is 1. The molecule has 0 aliphatic carbocycles. The molecule has 1 aliphatic rings. The molecule has 344 valence electrons. The molecule has 6 nitrogen and oxygen atoms in total. The maximum atomic E-state index is 6.76. The van der Waals surface area contributed by atoms with E-state index in [-0.39, 0.29) is 5.41 Å². The van der Waals surface area contributed by atoms with Gasteiger partial charge in [0, 0.05) is 6.20 Å². The molecule has 1 aliphatic heterocycles. The van der Waals surface area contributed by atoms with E-state index in [2.05, 4.69) is 266 Å². The van der Waals surface area contributed by atoms with Gasteiger partial charge in [-0.1, -0.05) is 32.9 Å². The summed E-state index contributed by atoms with van der Waals surface area (Å²) in [5, 5.41) is 4.69. The van der Waals surface area contributed by atoms with Crippen molar-refractivity contribution >= 4 is 70.5 Å². The number of hydrogen-bond donors (Lipinski definition) is 1. The van der Waals surface area contributed by atoms with Gasteiger partial charge in [-0.2, -0.15) is 0 Å². The van der Waals surface area contributed by atoms with Crippen LogP contribution in [0.15, 0.2) is 219 Å². The van der Waals surface area contributed by atoms with E-state index >= 15 is 0 Å². The van der Waals surface area contributed by atoms with Crippen LogP contribution in [0.5, 0.6) is 11.5 Å². The average Bonchev–Trinajstić information content (AvgIpc) is 4.03. The third-order valence-electron chi connectivity index (χ3n) is 13.8. The van der Waals surface area contributed by atoms with Crippen molar-refractivity contribution in [2.45, 2.75) is 26.2 Å². The Morgan fingerprint density at radius 1 is 0.521 bits per heavy atom. The van der Waals surface area contributed by atoms with Crippen molar-refractivity contribution in [2.75, 3.05) is 4.90 Å². The molecule has 1 N–H and O–H groups in total. The predicted octanol–water partition coefficient (Wildman–Crippen LogP) is 14.9. The first-order valence-corrected chi connectivity index (χ1v) is 25.1. The Bertz CT molecular complexity index is 3940. The summed E-state index contributed by atoms with van der Waals surface area (Å²) in [6, 6.07) is 83.1. The Kier molecular flexibility index (Phi) is 10.3. The summed E-state index contributed by atoms with van der Waals surface area (Å²) in [6.45, 7) is 6.69. The van der Waals surface area contributed by atoms with Gasteiger partial charge in [0.2, 0.25) is 0 Å². The SMILES string of the molecule is CC(C)(C)c1ccnc(-n2c3[c-]c(Oc4[c-]c(N5[C](=[Pt])[NH+](c6c(-c7ccccc7)cc(-n7c8ccccc8c8ccccc87)cc6-c6ccccc6)c6ccccc65)ccc4)ccc3c3ccccc32)c1. The summed E-state index contributed by atoms with van der Waals surface area (Å²) >= 11 is 2.54. The van der Waals surface area contributed by atoms with Crippen LogP contribution < -0.4 is 14.5 Å². The molecule has 1 atom stereocenters. The summed E-state index contributed by atoms with van der Waals surface area (Å²) in [4.78, 5) is 8.36. The number of aromatic nitrogens is 3. The Labute approximate surface area is 423 Å². The van der Waals surface area contributed by atoms with Gasteiger partial charge >= 0.3 is 370 Å². The molecule has 12 aromatic rings. The second-order valence-corrected chi connectivity index (χ2v) is 20.2. The van der Waals surface area contributed by atoms with Crippen molar-refractivity contribution in [1.29, 1.82) is 0 Å². The minimum absolute atomic E-state index is 0.0354. The first kappa shape index (κ1) is 42.9. The standard InChI is InChI=1S/C64H46N5O.Pt/c1-64(2,3)45-35-36-65-62(37-45)69-58-30-15-12-27-52(58)53-34-33-49(41-61(53)69)70-48-24-18-23-46(38-48)66-42-67(60-32-17-16-31-59(60)66)63-54(43-19-6-4-7-20-43)39-47(40-55(63)44-21-8-5-9-22-44)68-56-28-13-10-25-50(56)51-26-11-14-29-57(51)68;/h4-37,39-40,67H,1-3H3;/q-1;. The van der Waals surface area contributed by atoms with Crippen molar-refractivity contribution in [3.8, 4) is 45.3 Å². The summed E-state index contributed by atoms with van der Waals surface area (Å²) in [6.07, 6.45) is 1.90. The zero-order valence-corrected chi connectivity index (χ0v) is 41.6. The predicted molar refractivity (Wildman–Crippen MR) is 287 cm³/mol. The number of ether oxygens (including phenoxy) is 1. The molecule has 0 saturated carbocycles. The normalized spacial score (nSPS) is 13.7. The maximum absolute atomic E-state index is 6.76. The van der Waals surface area contributed by atoms with Gasteiger partial charge in [0.1, 0.15) is 0 Å². The van der Waals surface area contributed by atoms with Crippen LogP contribution in [0.2, 0.25) is 0 Å². The molecular weight excluding hydrogens is 1050 g/mol. The molecule has 3 aromatic heterocycles. The van der Waals surface area contributed by atoms with E-state index < -0.39 is 0 Å². The molecule has 13 rings (SSSR count). The van der Waals surface area contributed by atoms with Crippen molar-refractivity contribution in [3.05, 3.63) is 236 Å². The quantitative estimate of drug-likeness (QED) is 0.154. The van der Waals surface area contributed by atoms with Crippen molar-refractivity contribution in [2.24, 2.45) is 0 Å². The topological polar surface area (TPSA) is 39.7 Å². The number of anilines is 2. The molecule has 0 saturated heterocycles. The number of nitrogens with zero attached hydrogens (tertiary/aromatic N) is 4. The fourth-order valence-corrected chi connectivity index (χ4v) is 11.6. The Balaban J connectivity index is 0.941. The monoisotopic (exact) mass is 1100 g/mol. The van der Waals surface area contributed by atoms with Crippen LogP contribution in [0, 0.1) is 12.1 Å². The number of para-hydroxylation sites is 5. The van der Waals surface area contributed by atoms with Crippen LogP contribution in [-0.4, -0.2) is 18.3 Å². The second-order valence-electron chi connectivity index (χ2n) is 19.1. The Morgan fingerprint density at radius 3 is 1.73 bits per heavy atom. The summed E-state index contributed by atoms with van der Waals surface area (Å²) in [7, 11) is 0. The molecule has 0 spiro atoms. The first-order chi connectivity index (χ1) is 34.8. The second kappa shape index (κ2) is 17.1. The van der Waals surface area contributed by atoms with Gasteiger partial charge in [-0.15, -0.1) is 0 Å².